The van der Waals surface area contributed by atoms with Crippen LogP contribution in [0.4, 0.5) is 34.1 Å². The standard InChI is InChI=1S/C62H48B2N2O8/c1-59(2)51(67)35-23-43-47(27-39(35)55(59)71)65(33-15-11-9-12-16-33)48-28-40-36(52(68)60(3,4)56(40)72)24-44(48)63(43)31-19-21-32(22-20-31)64-45-25-37-41(57(73)61(5,6)53(37)69)29-49(45)66(34-17-13-10-14-18-34)50-30-42-38(26-46(50)64)54(70)62(7,8)58(42)74/h9-30,51,67H,1-8H3. The quantitative estimate of drug-likeness (QED) is 0.137. The molecule has 6 aliphatic rings. The van der Waals surface area contributed by atoms with E-state index in [4.69, 9.17) is 0 Å². The third-order valence-electron chi connectivity index (χ3n) is 17.2. The number of para-hydroxylation sites is 2. The number of nitrogens with zero attached hydrogens (tertiary/aromatic N) is 2. The summed E-state index contributed by atoms with van der Waals surface area (Å²) in [5.74, 6) is -1.83. The molecule has 74 heavy (non-hydrogen) atoms. The van der Waals surface area contributed by atoms with Gasteiger partial charge in [0.25, 0.3) is 0 Å². The van der Waals surface area contributed by atoms with E-state index in [9.17, 15) is 38.7 Å². The van der Waals surface area contributed by atoms with Gasteiger partial charge in [-0.05, 0) is 131 Å². The van der Waals surface area contributed by atoms with Crippen LogP contribution in [0.15, 0.2) is 133 Å². The van der Waals surface area contributed by atoms with Crippen LogP contribution in [-0.2, 0) is 0 Å². The van der Waals surface area contributed by atoms with Crippen molar-refractivity contribution in [2.75, 3.05) is 9.80 Å². The molecule has 7 aromatic rings. The third kappa shape index (κ3) is 5.74. The minimum Gasteiger partial charge on any atom is -0.387 e. The second-order valence-electron chi connectivity index (χ2n) is 23.0. The van der Waals surface area contributed by atoms with Gasteiger partial charge in [0.05, 0.1) is 27.8 Å². The molecule has 10 nitrogen and oxygen atoms in total. The number of aliphatic hydroxyl groups excluding tert-OH is 1. The van der Waals surface area contributed by atoms with Gasteiger partial charge in [-0.3, -0.25) is 33.6 Å². The number of carbonyl (C=O) groups is 7. The number of aliphatic hydroxyl groups is 1. The molecule has 0 saturated carbocycles. The molecule has 1 unspecified atom stereocenters. The first-order valence-electron chi connectivity index (χ1n) is 25.1. The monoisotopic (exact) mass is 970 g/mol. The summed E-state index contributed by atoms with van der Waals surface area (Å²) in [7, 11) is 0. The first kappa shape index (κ1) is 45.8. The van der Waals surface area contributed by atoms with E-state index in [0.717, 1.165) is 44.2 Å². The number of Topliss-reactive ketones (excluding diaryl/α,β-unsaturated/α-hetero) is 7. The SMILES string of the molecule is CC1(C)C(=O)c2cc3c(cc2C1=O)N(c1ccccc1)c1cc2c(cc1B3c1ccc(B3c4cc5c(cc4N(c4ccccc4)c4cc6c(cc43)C(O)C(C)(C)C6=O)C(=O)C(C)(C)C5=O)cc1)C(=O)C(C)(C)C2=O. The van der Waals surface area contributed by atoms with Crippen LogP contribution in [0.2, 0.25) is 0 Å². The van der Waals surface area contributed by atoms with E-state index in [1.165, 1.54) is 0 Å². The fourth-order valence-electron chi connectivity index (χ4n) is 12.8. The Labute approximate surface area is 428 Å². The first-order valence-corrected chi connectivity index (χ1v) is 25.1. The summed E-state index contributed by atoms with van der Waals surface area (Å²) in [6, 6.07) is 42.1. The summed E-state index contributed by atoms with van der Waals surface area (Å²) in [5, 5.41) is 11.8. The second-order valence-corrected chi connectivity index (χ2v) is 23.0. The van der Waals surface area contributed by atoms with Crippen molar-refractivity contribution in [3.05, 3.63) is 178 Å². The zero-order valence-electron chi connectivity index (χ0n) is 42.1. The predicted molar refractivity (Wildman–Crippen MR) is 288 cm³/mol. The molecule has 12 heteroatoms. The summed E-state index contributed by atoms with van der Waals surface area (Å²) in [6.45, 7) is 12.2. The van der Waals surface area contributed by atoms with Crippen molar-refractivity contribution in [2.24, 2.45) is 21.7 Å². The van der Waals surface area contributed by atoms with E-state index in [-0.39, 0.29) is 40.5 Å². The van der Waals surface area contributed by atoms with E-state index in [0.29, 0.717) is 67.3 Å². The molecule has 0 fully saturated rings. The third-order valence-corrected chi connectivity index (χ3v) is 17.2. The van der Waals surface area contributed by atoms with Crippen LogP contribution in [0, 0.1) is 21.7 Å². The average molecular weight is 971 g/mol. The Hall–Kier alpha value is -8.08. The van der Waals surface area contributed by atoms with E-state index >= 15 is 0 Å². The molecular weight excluding hydrogens is 922 g/mol. The molecule has 0 spiro atoms. The van der Waals surface area contributed by atoms with E-state index in [1.807, 2.05) is 131 Å². The van der Waals surface area contributed by atoms with Gasteiger partial charge in [-0.1, -0.05) is 95.9 Å². The molecule has 13 rings (SSSR count). The molecule has 1 N–H and O–H groups in total. The molecule has 7 aromatic carbocycles. The number of hydrogen-bond acceptors (Lipinski definition) is 10. The maximum absolute atomic E-state index is 14.2. The smallest absolute Gasteiger partial charge is 0.246 e. The lowest BCUT2D eigenvalue weighted by Crippen LogP contribution is -2.59. The Kier molecular flexibility index (Phi) is 9.15. The summed E-state index contributed by atoms with van der Waals surface area (Å²) in [6.07, 6.45) is -1.09. The van der Waals surface area contributed by atoms with Gasteiger partial charge in [0.2, 0.25) is 13.4 Å². The molecule has 0 saturated heterocycles. The van der Waals surface area contributed by atoms with Gasteiger partial charge < -0.3 is 14.9 Å². The topological polar surface area (TPSA) is 146 Å². The Morgan fingerprint density at radius 2 is 0.649 bits per heavy atom. The van der Waals surface area contributed by atoms with Crippen molar-refractivity contribution >= 4 is 121 Å². The largest absolute Gasteiger partial charge is 0.387 e. The molecule has 360 valence electrons. The van der Waals surface area contributed by atoms with Crippen LogP contribution in [0.1, 0.15) is 140 Å². The van der Waals surface area contributed by atoms with Gasteiger partial charge in [-0.2, -0.15) is 0 Å². The van der Waals surface area contributed by atoms with Crippen LogP contribution < -0.4 is 42.6 Å². The van der Waals surface area contributed by atoms with Crippen molar-refractivity contribution in [1.82, 2.24) is 0 Å². The molecule has 0 bridgehead atoms. The number of hydrogen-bond donors (Lipinski definition) is 1. The molecule has 0 aromatic heterocycles. The van der Waals surface area contributed by atoms with Crippen molar-refractivity contribution in [1.29, 1.82) is 0 Å². The zero-order valence-corrected chi connectivity index (χ0v) is 42.1. The van der Waals surface area contributed by atoms with Crippen LogP contribution in [0.25, 0.3) is 0 Å². The highest BCUT2D eigenvalue weighted by atomic mass is 16.3. The van der Waals surface area contributed by atoms with Crippen molar-refractivity contribution in [3.63, 3.8) is 0 Å². The summed E-state index contributed by atoms with van der Waals surface area (Å²) >= 11 is 0. The van der Waals surface area contributed by atoms with Crippen LogP contribution in [0.5, 0.6) is 0 Å². The highest BCUT2D eigenvalue weighted by molar-refractivity contribution is 6.99. The fraction of sp³-hybridized carbons (Fsp3) is 0.210. The lowest BCUT2D eigenvalue weighted by molar-refractivity contribution is 0.0491. The number of benzene rings is 7. The molecule has 0 radical (unpaired) electrons. The Morgan fingerprint density at radius 1 is 0.365 bits per heavy atom. The maximum atomic E-state index is 14.2. The van der Waals surface area contributed by atoms with Gasteiger partial charge in [-0.15, -0.1) is 0 Å². The maximum Gasteiger partial charge on any atom is 0.246 e. The summed E-state index contributed by atoms with van der Waals surface area (Å²) < 4.78 is 0. The number of fused-ring (bicyclic) bond motifs is 8. The van der Waals surface area contributed by atoms with Crippen molar-refractivity contribution in [3.8, 4) is 0 Å². The minimum atomic E-state index is -1.28. The van der Waals surface area contributed by atoms with E-state index in [1.54, 1.807) is 67.5 Å². The van der Waals surface area contributed by atoms with Gasteiger partial charge in [0, 0.05) is 73.1 Å². The van der Waals surface area contributed by atoms with Gasteiger partial charge in [0.15, 0.2) is 40.5 Å². The minimum absolute atomic E-state index is 0.182. The summed E-state index contributed by atoms with van der Waals surface area (Å²) in [5.41, 5.74) is 6.74. The number of rotatable bonds is 4. The highest BCUT2D eigenvalue weighted by Crippen LogP contribution is 2.49. The van der Waals surface area contributed by atoms with Crippen molar-refractivity contribution in [2.45, 2.75) is 61.5 Å². The molecular formula is C62H48B2N2O8. The Balaban J connectivity index is 1.05. The Bertz CT molecular complexity index is 3760. The molecule has 1 atom stereocenters. The molecule has 0 amide bonds. The van der Waals surface area contributed by atoms with E-state index < -0.39 is 41.2 Å². The highest BCUT2D eigenvalue weighted by Gasteiger charge is 2.53. The zero-order chi connectivity index (χ0) is 52.0. The molecule has 2 heterocycles. The van der Waals surface area contributed by atoms with Gasteiger partial charge >= 0.3 is 0 Å². The van der Waals surface area contributed by atoms with Crippen LogP contribution in [-0.4, -0.2) is 59.0 Å². The normalized spacial score (nSPS) is 19.8. The Morgan fingerprint density at radius 3 is 0.973 bits per heavy atom. The first-order chi connectivity index (χ1) is 35.1. The summed E-state index contributed by atoms with van der Waals surface area (Å²) in [4.78, 5) is 103. The average Bonchev–Trinajstić information content (AvgIpc) is 3.83. The second kappa shape index (κ2) is 14.8. The molecule has 2 aliphatic heterocycles. The van der Waals surface area contributed by atoms with Crippen LogP contribution in [0.3, 0.4) is 0 Å². The van der Waals surface area contributed by atoms with Crippen LogP contribution >= 0.6 is 0 Å². The lowest BCUT2D eigenvalue weighted by atomic mass is 9.33. The van der Waals surface area contributed by atoms with Gasteiger partial charge in [-0.25, -0.2) is 0 Å². The molecule has 4 aliphatic carbocycles. The fourth-order valence-corrected chi connectivity index (χ4v) is 12.8. The number of carbonyl (C=O) groups excluding carboxylic acids is 7. The number of ketones is 7. The number of anilines is 6. The van der Waals surface area contributed by atoms with Gasteiger partial charge in [0.1, 0.15) is 0 Å². The lowest BCUT2D eigenvalue weighted by Gasteiger charge is -2.38. The van der Waals surface area contributed by atoms with Crippen molar-refractivity contribution < 1.29 is 38.7 Å². The predicted octanol–water partition coefficient (Wildman–Crippen LogP) is 7.76. The van der Waals surface area contributed by atoms with E-state index in [2.05, 4.69) is 0 Å².